The molecule has 1 fully saturated rings. The zero-order valence-corrected chi connectivity index (χ0v) is 6.65. The molecule has 1 saturated heterocycles. The number of hydrogen-bond donors (Lipinski definition) is 1. The van der Waals surface area contributed by atoms with Crippen molar-refractivity contribution in [3.8, 4) is 12.0 Å². The van der Waals surface area contributed by atoms with Gasteiger partial charge in [-0.15, -0.1) is 0 Å². The Hall–Kier alpha value is -0.680. The van der Waals surface area contributed by atoms with E-state index < -0.39 is 0 Å². The second kappa shape index (κ2) is 3.48. The van der Waals surface area contributed by atoms with Crippen molar-refractivity contribution in [2.75, 3.05) is 19.6 Å². The summed E-state index contributed by atoms with van der Waals surface area (Å²) in [5.74, 6) is 2.92. The van der Waals surface area contributed by atoms with Gasteiger partial charge in [-0.2, -0.15) is 0 Å². The Bertz CT molecular complexity index is 154. The fraction of sp³-hybridized carbons (Fsp3) is 0.750. The van der Waals surface area contributed by atoms with Gasteiger partial charge in [0.2, 0.25) is 0 Å². The average Bonchev–Trinajstić information content (AvgIpc) is 1.94. The van der Waals surface area contributed by atoms with Crippen molar-refractivity contribution in [1.82, 2.24) is 10.2 Å². The Balaban J connectivity index is 2.45. The molecule has 0 spiro atoms. The minimum Gasteiger partial charge on any atom is -0.327 e. The fourth-order valence-electron chi connectivity index (χ4n) is 1.15. The van der Waals surface area contributed by atoms with Gasteiger partial charge < -0.3 is 10.2 Å². The molecule has 1 heterocycles. The number of piperazine rings is 1. The lowest BCUT2D eigenvalue weighted by molar-refractivity contribution is 0.259. The molecule has 10 heavy (non-hydrogen) atoms. The van der Waals surface area contributed by atoms with Gasteiger partial charge >= 0.3 is 0 Å². The molecule has 0 radical (unpaired) electrons. The Labute approximate surface area is 62.6 Å². The van der Waals surface area contributed by atoms with E-state index in [1.165, 1.54) is 0 Å². The molecule has 1 rings (SSSR count). The lowest BCUT2D eigenvalue weighted by Gasteiger charge is -2.30. The van der Waals surface area contributed by atoms with Crippen molar-refractivity contribution in [3.63, 3.8) is 0 Å². The smallest absolute Gasteiger partial charge is 0.0468 e. The Morgan fingerprint density at radius 1 is 1.60 bits per heavy atom. The van der Waals surface area contributed by atoms with Crippen LogP contribution in [0.4, 0.5) is 0 Å². The predicted molar refractivity (Wildman–Crippen MR) is 42.5 cm³/mol. The summed E-state index contributed by atoms with van der Waals surface area (Å²) in [6, 6.07) is 3.65. The summed E-state index contributed by atoms with van der Waals surface area (Å²) >= 11 is 0. The summed E-state index contributed by atoms with van der Waals surface area (Å²) < 4.78 is 0. The maximum atomic E-state index is 3.31. The van der Waals surface area contributed by atoms with Crippen LogP contribution in [0.1, 0.15) is 13.8 Å². The first kappa shape index (κ1) is 7.43. The third-order valence-electron chi connectivity index (χ3n) is 1.76. The number of hydrogen-bond acceptors (Lipinski definition) is 2. The molecule has 0 saturated carbocycles. The highest BCUT2D eigenvalue weighted by Crippen LogP contribution is 1.98. The molecule has 1 aliphatic rings. The van der Waals surface area contributed by atoms with Crippen LogP contribution in [0.3, 0.4) is 0 Å². The van der Waals surface area contributed by atoms with Gasteiger partial charge in [0, 0.05) is 31.7 Å². The molecular formula is C8H14N2. The van der Waals surface area contributed by atoms with E-state index in [1.807, 2.05) is 6.92 Å². The van der Waals surface area contributed by atoms with Crippen molar-refractivity contribution >= 4 is 0 Å². The van der Waals surface area contributed by atoms with Crippen LogP contribution in [-0.2, 0) is 0 Å². The molecule has 56 valence electrons. The second-order valence-corrected chi connectivity index (χ2v) is 2.61. The monoisotopic (exact) mass is 138 g/mol. The van der Waals surface area contributed by atoms with Crippen molar-refractivity contribution in [3.05, 3.63) is 0 Å². The van der Waals surface area contributed by atoms with E-state index in [4.69, 9.17) is 0 Å². The van der Waals surface area contributed by atoms with Crippen molar-refractivity contribution in [2.24, 2.45) is 0 Å². The van der Waals surface area contributed by atoms with Crippen LogP contribution in [0.15, 0.2) is 0 Å². The van der Waals surface area contributed by atoms with Crippen LogP contribution in [0.25, 0.3) is 0 Å². The molecule has 0 amide bonds. The molecule has 0 bridgehead atoms. The maximum Gasteiger partial charge on any atom is 0.0468 e. The lowest BCUT2D eigenvalue weighted by atomic mass is 10.2. The summed E-state index contributed by atoms with van der Waals surface area (Å²) in [7, 11) is 0. The summed E-state index contributed by atoms with van der Waals surface area (Å²) in [5.41, 5.74) is 0. The van der Waals surface area contributed by atoms with Crippen LogP contribution >= 0.6 is 0 Å². The van der Waals surface area contributed by atoms with Gasteiger partial charge in [-0.05, 0) is 13.8 Å². The quantitative estimate of drug-likeness (QED) is 0.483. The van der Waals surface area contributed by atoms with E-state index >= 15 is 0 Å². The van der Waals surface area contributed by atoms with Gasteiger partial charge in [0.05, 0.1) is 0 Å². The third kappa shape index (κ3) is 1.65. The maximum absolute atomic E-state index is 3.31. The molecular weight excluding hydrogens is 124 g/mol. The summed E-state index contributed by atoms with van der Waals surface area (Å²) in [6.07, 6.45) is 0. The molecule has 1 aliphatic heterocycles. The van der Waals surface area contributed by atoms with E-state index in [2.05, 4.69) is 29.1 Å². The minimum atomic E-state index is 0.571. The second-order valence-electron chi connectivity index (χ2n) is 2.61. The molecule has 0 aromatic rings. The van der Waals surface area contributed by atoms with Gasteiger partial charge in [0.15, 0.2) is 0 Å². The number of rotatable bonds is 0. The fourth-order valence-corrected chi connectivity index (χ4v) is 1.15. The number of nitrogens with one attached hydrogen (secondary N) is 1. The summed E-state index contributed by atoms with van der Waals surface area (Å²) in [4.78, 5) is 2.19. The Morgan fingerprint density at radius 2 is 2.40 bits per heavy atom. The highest BCUT2D eigenvalue weighted by Gasteiger charge is 2.13. The first-order chi connectivity index (χ1) is 4.84. The summed E-state index contributed by atoms with van der Waals surface area (Å²) in [5, 5.41) is 3.31. The molecule has 2 heteroatoms. The average molecular weight is 138 g/mol. The Kier molecular flexibility index (Phi) is 2.58. The topological polar surface area (TPSA) is 15.3 Å². The van der Waals surface area contributed by atoms with Gasteiger partial charge in [0.25, 0.3) is 0 Å². The van der Waals surface area contributed by atoms with Crippen molar-refractivity contribution < 1.29 is 0 Å². The van der Waals surface area contributed by atoms with Crippen LogP contribution in [-0.4, -0.2) is 30.6 Å². The SMILES string of the molecule is CC#CN1CCNCC1C. The summed E-state index contributed by atoms with van der Waals surface area (Å²) in [6.45, 7) is 7.26. The molecule has 0 aliphatic carbocycles. The van der Waals surface area contributed by atoms with E-state index in [0.717, 1.165) is 19.6 Å². The van der Waals surface area contributed by atoms with Crippen LogP contribution in [0.2, 0.25) is 0 Å². The van der Waals surface area contributed by atoms with Gasteiger partial charge in [-0.25, -0.2) is 0 Å². The van der Waals surface area contributed by atoms with Crippen LogP contribution in [0, 0.1) is 12.0 Å². The predicted octanol–water partition coefficient (Wildman–Crippen LogP) is 0.261. The molecule has 0 aromatic heterocycles. The van der Waals surface area contributed by atoms with Gasteiger partial charge in [-0.3, -0.25) is 0 Å². The number of nitrogens with zero attached hydrogens (tertiary/aromatic N) is 1. The van der Waals surface area contributed by atoms with Gasteiger partial charge in [-0.1, -0.05) is 5.92 Å². The third-order valence-corrected chi connectivity index (χ3v) is 1.76. The van der Waals surface area contributed by atoms with E-state index in [0.29, 0.717) is 6.04 Å². The van der Waals surface area contributed by atoms with Crippen molar-refractivity contribution in [2.45, 2.75) is 19.9 Å². The first-order valence-corrected chi connectivity index (χ1v) is 3.74. The van der Waals surface area contributed by atoms with Crippen LogP contribution < -0.4 is 5.32 Å². The molecule has 0 aromatic carbocycles. The van der Waals surface area contributed by atoms with Gasteiger partial charge in [0.1, 0.15) is 0 Å². The van der Waals surface area contributed by atoms with E-state index in [9.17, 15) is 0 Å². The molecule has 1 atom stereocenters. The molecule has 1 unspecified atom stereocenters. The minimum absolute atomic E-state index is 0.571. The normalized spacial score (nSPS) is 25.4. The highest BCUT2D eigenvalue weighted by atomic mass is 15.2. The van der Waals surface area contributed by atoms with E-state index in [-0.39, 0.29) is 0 Å². The van der Waals surface area contributed by atoms with E-state index in [1.54, 1.807) is 0 Å². The zero-order chi connectivity index (χ0) is 7.40. The highest BCUT2D eigenvalue weighted by molar-refractivity contribution is 4.98. The van der Waals surface area contributed by atoms with Crippen LogP contribution in [0.5, 0.6) is 0 Å². The molecule has 2 nitrogen and oxygen atoms in total. The lowest BCUT2D eigenvalue weighted by Crippen LogP contribution is -2.47. The zero-order valence-electron chi connectivity index (χ0n) is 6.65. The largest absolute Gasteiger partial charge is 0.327 e. The van der Waals surface area contributed by atoms with Crippen molar-refractivity contribution in [1.29, 1.82) is 0 Å². The molecule has 1 N–H and O–H groups in total. The standard InChI is InChI=1S/C8H14N2/c1-3-5-10-6-4-9-7-8(10)2/h8-9H,4,6-7H2,1-2H3. The first-order valence-electron chi connectivity index (χ1n) is 3.74. The Morgan fingerprint density at radius 3 is 3.00 bits per heavy atom.